The Labute approximate surface area is 211 Å². The molecule has 1 aliphatic rings. The summed E-state index contributed by atoms with van der Waals surface area (Å²) in [6, 6.07) is 12.8. The third-order valence-corrected chi connectivity index (χ3v) is 10.4. The third kappa shape index (κ3) is 4.81. The molecule has 35 heavy (non-hydrogen) atoms. The Balaban J connectivity index is 1.40. The van der Waals surface area contributed by atoms with Crippen LogP contribution in [0.15, 0.2) is 64.4 Å². The van der Waals surface area contributed by atoms with Crippen LogP contribution in [0.4, 0.5) is 5.13 Å². The van der Waals surface area contributed by atoms with Gasteiger partial charge >= 0.3 is 0 Å². The predicted octanol–water partition coefficient (Wildman–Crippen LogP) is 4.40. The molecule has 0 N–H and O–H groups in total. The van der Waals surface area contributed by atoms with Gasteiger partial charge in [0.2, 0.25) is 5.91 Å². The highest BCUT2D eigenvalue weighted by Crippen LogP contribution is 2.36. The van der Waals surface area contributed by atoms with Gasteiger partial charge in [0.15, 0.2) is 5.13 Å². The fourth-order valence-corrected chi connectivity index (χ4v) is 7.81. The summed E-state index contributed by atoms with van der Waals surface area (Å²) in [7, 11) is -1.92. The minimum Gasteiger partial charge on any atom is -0.494 e. The molecule has 1 fully saturated rings. The fourth-order valence-electron chi connectivity index (χ4n) is 4.21. The molecule has 0 spiro atoms. The van der Waals surface area contributed by atoms with Crippen molar-refractivity contribution in [2.24, 2.45) is 5.92 Å². The Morgan fingerprint density at radius 1 is 1.17 bits per heavy atom. The van der Waals surface area contributed by atoms with Crippen molar-refractivity contribution in [3.63, 3.8) is 0 Å². The van der Waals surface area contributed by atoms with E-state index in [2.05, 4.69) is 4.98 Å². The number of pyridine rings is 1. The molecular weight excluding hydrogens is 504 g/mol. The SMILES string of the molecule is COc1cccc2sc(N(Cc3cccnc3)C(=O)C3CCN(S(=O)(=O)c4cccs4)CC3)nc12. The number of piperidine rings is 1. The number of nitrogens with zero attached hydrogens (tertiary/aromatic N) is 4. The molecule has 4 aromatic rings. The lowest BCUT2D eigenvalue weighted by Crippen LogP contribution is -2.44. The fraction of sp³-hybridized carbons (Fsp3) is 0.292. The highest BCUT2D eigenvalue weighted by molar-refractivity contribution is 7.91. The molecule has 0 saturated carbocycles. The van der Waals surface area contributed by atoms with Crippen molar-refractivity contribution in [3.8, 4) is 5.75 Å². The smallest absolute Gasteiger partial charge is 0.252 e. The van der Waals surface area contributed by atoms with Gasteiger partial charge in [-0.2, -0.15) is 4.31 Å². The molecule has 0 radical (unpaired) electrons. The number of thiazole rings is 1. The normalized spacial score (nSPS) is 15.3. The number of rotatable bonds is 7. The second-order valence-corrected chi connectivity index (χ2v) is 12.3. The average Bonchev–Trinajstić information content (AvgIpc) is 3.58. The van der Waals surface area contributed by atoms with E-state index in [9.17, 15) is 13.2 Å². The number of benzene rings is 1. The van der Waals surface area contributed by atoms with Crippen molar-refractivity contribution in [2.75, 3.05) is 25.1 Å². The van der Waals surface area contributed by atoms with Gasteiger partial charge in [-0.1, -0.05) is 29.5 Å². The van der Waals surface area contributed by atoms with Crippen LogP contribution in [0, 0.1) is 5.92 Å². The second kappa shape index (κ2) is 10.0. The summed E-state index contributed by atoms with van der Waals surface area (Å²) in [6.07, 6.45) is 4.36. The van der Waals surface area contributed by atoms with E-state index in [0.29, 0.717) is 47.6 Å². The Morgan fingerprint density at radius 3 is 2.69 bits per heavy atom. The quantitative estimate of drug-likeness (QED) is 0.353. The number of sulfonamides is 1. The van der Waals surface area contributed by atoms with E-state index in [1.807, 2.05) is 30.3 Å². The molecule has 3 aromatic heterocycles. The maximum Gasteiger partial charge on any atom is 0.252 e. The first-order chi connectivity index (χ1) is 17.0. The molecule has 1 aliphatic heterocycles. The molecule has 8 nitrogen and oxygen atoms in total. The zero-order valence-electron chi connectivity index (χ0n) is 19.0. The number of amides is 1. The minimum atomic E-state index is -3.52. The van der Waals surface area contributed by atoms with Gasteiger partial charge in [0, 0.05) is 31.4 Å². The summed E-state index contributed by atoms with van der Waals surface area (Å²) in [5.74, 6) is 0.307. The zero-order chi connectivity index (χ0) is 24.4. The molecular formula is C24H24N4O4S3. The number of aromatic nitrogens is 2. The number of para-hydroxylation sites is 1. The van der Waals surface area contributed by atoms with Crippen LogP contribution in [-0.4, -0.2) is 48.8 Å². The highest BCUT2D eigenvalue weighted by atomic mass is 32.2. The number of carbonyl (C=O) groups is 1. The number of hydrogen-bond acceptors (Lipinski definition) is 8. The first kappa shape index (κ1) is 23.9. The number of fused-ring (bicyclic) bond motifs is 1. The van der Waals surface area contributed by atoms with Crippen LogP contribution in [0.3, 0.4) is 0 Å². The van der Waals surface area contributed by atoms with Crippen LogP contribution in [-0.2, 0) is 21.4 Å². The van der Waals surface area contributed by atoms with Crippen molar-refractivity contribution < 1.29 is 17.9 Å². The van der Waals surface area contributed by atoms with Crippen LogP contribution >= 0.6 is 22.7 Å². The number of ether oxygens (including phenoxy) is 1. The lowest BCUT2D eigenvalue weighted by atomic mass is 9.96. The summed E-state index contributed by atoms with van der Waals surface area (Å²) >= 11 is 2.65. The Morgan fingerprint density at radius 2 is 2.00 bits per heavy atom. The van der Waals surface area contributed by atoms with Gasteiger partial charge in [-0.3, -0.25) is 14.7 Å². The first-order valence-electron chi connectivity index (χ1n) is 11.1. The van der Waals surface area contributed by atoms with Gasteiger partial charge in [-0.15, -0.1) is 11.3 Å². The predicted molar refractivity (Wildman–Crippen MR) is 137 cm³/mol. The molecule has 1 aromatic carbocycles. The molecule has 1 amide bonds. The first-order valence-corrected chi connectivity index (χ1v) is 14.3. The number of carbonyl (C=O) groups excluding carboxylic acids is 1. The van der Waals surface area contributed by atoms with Crippen LogP contribution in [0.1, 0.15) is 18.4 Å². The van der Waals surface area contributed by atoms with Crippen LogP contribution < -0.4 is 9.64 Å². The van der Waals surface area contributed by atoms with Crippen molar-refractivity contribution >= 4 is 54.0 Å². The van der Waals surface area contributed by atoms with Crippen LogP contribution in [0.2, 0.25) is 0 Å². The zero-order valence-corrected chi connectivity index (χ0v) is 21.5. The summed E-state index contributed by atoms with van der Waals surface area (Å²) < 4.78 is 34.0. The third-order valence-electron chi connectivity index (χ3n) is 6.04. The Kier molecular flexibility index (Phi) is 6.83. The summed E-state index contributed by atoms with van der Waals surface area (Å²) in [6.45, 7) is 0.957. The van der Waals surface area contributed by atoms with Gasteiger partial charge in [-0.25, -0.2) is 13.4 Å². The second-order valence-electron chi connectivity index (χ2n) is 8.20. The van der Waals surface area contributed by atoms with Crippen LogP contribution in [0.25, 0.3) is 10.2 Å². The van der Waals surface area contributed by atoms with Crippen molar-refractivity contribution in [2.45, 2.75) is 23.6 Å². The molecule has 5 rings (SSSR count). The lowest BCUT2D eigenvalue weighted by molar-refractivity contribution is -0.123. The van der Waals surface area contributed by atoms with Gasteiger partial charge in [-0.05, 0) is 48.1 Å². The molecule has 0 aliphatic carbocycles. The van der Waals surface area contributed by atoms with E-state index >= 15 is 0 Å². The molecule has 11 heteroatoms. The maximum absolute atomic E-state index is 13.8. The van der Waals surface area contributed by atoms with Gasteiger partial charge in [0.05, 0.1) is 18.4 Å². The van der Waals surface area contributed by atoms with Gasteiger partial charge in [0.25, 0.3) is 10.0 Å². The number of thiophene rings is 1. The van der Waals surface area contributed by atoms with Gasteiger partial charge < -0.3 is 4.74 Å². The molecule has 182 valence electrons. The molecule has 4 heterocycles. The molecule has 0 atom stereocenters. The highest BCUT2D eigenvalue weighted by Gasteiger charge is 2.35. The monoisotopic (exact) mass is 528 g/mol. The minimum absolute atomic E-state index is 0.0555. The van der Waals surface area contributed by atoms with Crippen molar-refractivity contribution in [3.05, 3.63) is 65.8 Å². The van der Waals surface area contributed by atoms with Crippen molar-refractivity contribution in [1.29, 1.82) is 0 Å². The lowest BCUT2D eigenvalue weighted by Gasteiger charge is -2.32. The summed E-state index contributed by atoms with van der Waals surface area (Å²) in [5, 5.41) is 2.35. The molecule has 1 saturated heterocycles. The Hall–Kier alpha value is -2.86. The van der Waals surface area contributed by atoms with E-state index in [1.165, 1.54) is 27.0 Å². The van der Waals surface area contributed by atoms with Gasteiger partial charge in [0.1, 0.15) is 15.5 Å². The number of anilines is 1. The summed E-state index contributed by atoms with van der Waals surface area (Å²) in [5.41, 5.74) is 1.61. The largest absolute Gasteiger partial charge is 0.494 e. The van der Waals surface area contributed by atoms with E-state index in [1.54, 1.807) is 41.9 Å². The maximum atomic E-state index is 13.8. The molecule has 0 unspecified atom stereocenters. The van der Waals surface area contributed by atoms with Crippen molar-refractivity contribution in [1.82, 2.24) is 14.3 Å². The Bertz CT molecular complexity index is 1410. The van der Waals surface area contributed by atoms with E-state index in [0.717, 1.165) is 15.8 Å². The number of hydrogen-bond donors (Lipinski definition) is 0. The molecule has 0 bridgehead atoms. The van der Waals surface area contributed by atoms with E-state index in [-0.39, 0.29) is 11.8 Å². The van der Waals surface area contributed by atoms with E-state index < -0.39 is 10.0 Å². The average molecular weight is 529 g/mol. The van der Waals surface area contributed by atoms with Crippen LogP contribution in [0.5, 0.6) is 5.75 Å². The van der Waals surface area contributed by atoms with E-state index in [4.69, 9.17) is 9.72 Å². The summed E-state index contributed by atoms with van der Waals surface area (Å²) in [4.78, 5) is 24.4. The standard InChI is InChI=1S/C24H24N4O4S3/c1-32-19-6-2-7-20-22(19)26-24(34-20)28(16-17-5-3-11-25-15-17)23(29)18-9-12-27(13-10-18)35(30,31)21-8-4-14-33-21/h2-8,11,14-15,18H,9-10,12-13,16H2,1H3. The topological polar surface area (TPSA) is 92.7 Å². The number of methoxy groups -OCH3 is 1.